The number of aromatic nitrogens is 1. The molecule has 1 heterocycles. The number of esters is 1. The van der Waals surface area contributed by atoms with Crippen LogP contribution in [0.2, 0.25) is 0 Å². The van der Waals surface area contributed by atoms with Crippen molar-refractivity contribution in [2.24, 2.45) is 4.99 Å². The van der Waals surface area contributed by atoms with Gasteiger partial charge >= 0.3 is 5.97 Å². The summed E-state index contributed by atoms with van der Waals surface area (Å²) in [6.07, 6.45) is 0. The number of carbonyl (C=O) groups excluding carboxylic acids is 1. The van der Waals surface area contributed by atoms with Crippen molar-refractivity contribution < 1.29 is 13.9 Å². The SMILES string of the molecule is CCOC(=O)Cn1c(-c2cc(C)ccc2C)csc1=Nc1ccc(F)cc1. The molecule has 2 aromatic carbocycles. The molecular formula is C21H21FN2O2S. The molecule has 0 amide bonds. The zero-order chi connectivity index (χ0) is 19.4. The number of halogens is 1. The maximum atomic E-state index is 13.2. The molecule has 0 N–H and O–H groups in total. The van der Waals surface area contributed by atoms with Gasteiger partial charge in [-0.15, -0.1) is 11.3 Å². The summed E-state index contributed by atoms with van der Waals surface area (Å²) < 4.78 is 20.2. The smallest absolute Gasteiger partial charge is 0.326 e. The molecule has 1 aromatic heterocycles. The van der Waals surface area contributed by atoms with Gasteiger partial charge in [-0.3, -0.25) is 4.79 Å². The van der Waals surface area contributed by atoms with Crippen LogP contribution in [0.3, 0.4) is 0 Å². The van der Waals surface area contributed by atoms with Crippen LogP contribution in [0.4, 0.5) is 10.1 Å². The van der Waals surface area contributed by atoms with E-state index in [4.69, 9.17) is 4.74 Å². The standard InChI is InChI=1S/C21H21FN2O2S/c1-4-26-20(25)12-24-19(18-11-14(2)5-6-15(18)3)13-27-21(24)23-17-9-7-16(22)8-10-17/h5-11,13H,4,12H2,1-3H3. The Balaban J connectivity index is 2.14. The first kappa shape index (κ1) is 19.0. The van der Waals surface area contributed by atoms with Crippen LogP contribution in [0.5, 0.6) is 0 Å². The van der Waals surface area contributed by atoms with Crippen LogP contribution >= 0.6 is 11.3 Å². The van der Waals surface area contributed by atoms with E-state index < -0.39 is 0 Å². The molecule has 0 saturated heterocycles. The predicted octanol–water partition coefficient (Wildman–Crippen LogP) is 4.77. The summed E-state index contributed by atoms with van der Waals surface area (Å²) in [6.45, 7) is 6.26. The van der Waals surface area contributed by atoms with Gasteiger partial charge in [0.05, 0.1) is 18.0 Å². The van der Waals surface area contributed by atoms with Gasteiger partial charge in [0.25, 0.3) is 0 Å². The molecule has 0 saturated carbocycles. The highest BCUT2D eigenvalue weighted by molar-refractivity contribution is 7.07. The third kappa shape index (κ3) is 4.52. The lowest BCUT2D eigenvalue weighted by molar-refractivity contribution is -0.143. The second-order valence-corrected chi connectivity index (χ2v) is 7.04. The summed E-state index contributed by atoms with van der Waals surface area (Å²) in [7, 11) is 0. The van der Waals surface area contributed by atoms with E-state index in [2.05, 4.69) is 23.2 Å². The summed E-state index contributed by atoms with van der Waals surface area (Å²) in [5, 5.41) is 1.99. The lowest BCUT2D eigenvalue weighted by Crippen LogP contribution is -2.23. The van der Waals surface area contributed by atoms with E-state index in [0.29, 0.717) is 17.1 Å². The molecule has 0 aliphatic heterocycles. The second-order valence-electron chi connectivity index (χ2n) is 6.20. The highest BCUT2D eigenvalue weighted by Gasteiger charge is 2.14. The first-order chi connectivity index (χ1) is 13.0. The van der Waals surface area contributed by atoms with E-state index in [0.717, 1.165) is 22.4 Å². The van der Waals surface area contributed by atoms with Gasteiger partial charge < -0.3 is 9.30 Å². The van der Waals surface area contributed by atoms with Crippen molar-refractivity contribution >= 4 is 23.0 Å². The molecule has 3 rings (SSSR count). The molecule has 0 bridgehead atoms. The monoisotopic (exact) mass is 384 g/mol. The summed E-state index contributed by atoms with van der Waals surface area (Å²) in [4.78, 5) is 17.4. The topological polar surface area (TPSA) is 43.6 Å². The molecule has 6 heteroatoms. The maximum Gasteiger partial charge on any atom is 0.326 e. The van der Waals surface area contributed by atoms with Crippen molar-refractivity contribution in [2.75, 3.05) is 6.61 Å². The number of ether oxygens (including phenoxy) is 1. The summed E-state index contributed by atoms with van der Waals surface area (Å²) in [5.41, 5.74) is 4.85. The van der Waals surface area contributed by atoms with Crippen LogP contribution in [0.1, 0.15) is 18.1 Å². The van der Waals surface area contributed by atoms with Gasteiger partial charge in [0, 0.05) is 10.9 Å². The minimum Gasteiger partial charge on any atom is -0.465 e. The zero-order valence-electron chi connectivity index (χ0n) is 15.5. The quantitative estimate of drug-likeness (QED) is 0.595. The van der Waals surface area contributed by atoms with Gasteiger partial charge in [0.1, 0.15) is 12.4 Å². The summed E-state index contributed by atoms with van der Waals surface area (Å²) in [6, 6.07) is 12.2. The average Bonchev–Trinajstić information content (AvgIpc) is 3.01. The van der Waals surface area contributed by atoms with Crippen molar-refractivity contribution in [1.82, 2.24) is 4.57 Å². The molecule has 140 valence electrons. The molecule has 27 heavy (non-hydrogen) atoms. The summed E-state index contributed by atoms with van der Waals surface area (Å²) >= 11 is 1.44. The Morgan fingerprint density at radius 2 is 1.93 bits per heavy atom. The predicted molar refractivity (Wildman–Crippen MR) is 105 cm³/mol. The van der Waals surface area contributed by atoms with Crippen molar-refractivity contribution in [2.45, 2.75) is 27.3 Å². The number of carbonyl (C=O) groups is 1. The second kappa shape index (κ2) is 8.31. The first-order valence-corrected chi connectivity index (χ1v) is 9.57. The third-order valence-electron chi connectivity index (χ3n) is 4.11. The highest BCUT2D eigenvalue weighted by Crippen LogP contribution is 2.25. The lowest BCUT2D eigenvalue weighted by atomic mass is 10.0. The van der Waals surface area contributed by atoms with Gasteiger partial charge in [0.15, 0.2) is 4.80 Å². The number of benzene rings is 2. The number of rotatable bonds is 5. The fourth-order valence-electron chi connectivity index (χ4n) is 2.76. The van der Waals surface area contributed by atoms with E-state index in [-0.39, 0.29) is 18.3 Å². The molecule has 0 aliphatic rings. The van der Waals surface area contributed by atoms with Gasteiger partial charge in [-0.25, -0.2) is 9.38 Å². The number of nitrogens with zero attached hydrogens (tertiary/aromatic N) is 2. The molecule has 0 radical (unpaired) electrons. The zero-order valence-corrected chi connectivity index (χ0v) is 16.3. The Labute approximate surface area is 161 Å². The van der Waals surface area contributed by atoms with Gasteiger partial charge in [-0.2, -0.15) is 0 Å². The first-order valence-electron chi connectivity index (χ1n) is 8.70. The molecular weight excluding hydrogens is 363 g/mol. The van der Waals surface area contributed by atoms with Gasteiger partial charge in [0.2, 0.25) is 0 Å². The Kier molecular flexibility index (Phi) is 5.86. The number of aryl methyl sites for hydroxylation is 2. The molecule has 4 nitrogen and oxygen atoms in total. The molecule has 0 aliphatic carbocycles. The average molecular weight is 384 g/mol. The van der Waals surface area contributed by atoms with E-state index in [1.54, 1.807) is 19.1 Å². The molecule has 0 unspecified atom stereocenters. The highest BCUT2D eigenvalue weighted by atomic mass is 32.1. The Bertz CT molecular complexity index is 1020. The number of hydrogen-bond donors (Lipinski definition) is 0. The van der Waals surface area contributed by atoms with E-state index in [9.17, 15) is 9.18 Å². The third-order valence-corrected chi connectivity index (χ3v) is 4.97. The van der Waals surface area contributed by atoms with Crippen molar-refractivity contribution in [3.8, 4) is 11.3 Å². The largest absolute Gasteiger partial charge is 0.465 e. The lowest BCUT2D eigenvalue weighted by Gasteiger charge is -2.11. The Hall–Kier alpha value is -2.73. The van der Waals surface area contributed by atoms with E-state index >= 15 is 0 Å². The molecule has 3 aromatic rings. The Morgan fingerprint density at radius 1 is 1.19 bits per heavy atom. The fraction of sp³-hybridized carbons (Fsp3) is 0.238. The number of thiazole rings is 1. The van der Waals surface area contributed by atoms with E-state index in [1.807, 2.05) is 23.8 Å². The van der Waals surface area contributed by atoms with Gasteiger partial charge in [-0.05, 0) is 56.7 Å². The molecule has 0 fully saturated rings. The normalized spacial score (nSPS) is 11.6. The van der Waals surface area contributed by atoms with Crippen molar-refractivity contribution in [3.05, 3.63) is 69.6 Å². The minimum atomic E-state index is -0.317. The summed E-state index contributed by atoms with van der Waals surface area (Å²) in [5.74, 6) is -0.626. The van der Waals surface area contributed by atoms with Crippen LogP contribution in [0.15, 0.2) is 52.8 Å². The molecule has 0 atom stereocenters. The number of hydrogen-bond acceptors (Lipinski definition) is 4. The minimum absolute atomic E-state index is 0.0695. The molecule has 0 spiro atoms. The van der Waals surface area contributed by atoms with Crippen LogP contribution in [0, 0.1) is 19.7 Å². The van der Waals surface area contributed by atoms with Crippen LogP contribution in [-0.4, -0.2) is 17.1 Å². The van der Waals surface area contributed by atoms with E-state index in [1.165, 1.54) is 23.5 Å². The van der Waals surface area contributed by atoms with Crippen molar-refractivity contribution in [1.29, 1.82) is 0 Å². The van der Waals surface area contributed by atoms with Crippen molar-refractivity contribution in [3.63, 3.8) is 0 Å². The fourth-order valence-corrected chi connectivity index (χ4v) is 3.68. The van der Waals surface area contributed by atoms with Crippen LogP contribution < -0.4 is 4.80 Å². The van der Waals surface area contributed by atoms with Crippen LogP contribution in [0.25, 0.3) is 11.3 Å². The van der Waals surface area contributed by atoms with Gasteiger partial charge in [-0.1, -0.05) is 17.7 Å². The maximum absolute atomic E-state index is 13.2. The Morgan fingerprint density at radius 3 is 2.63 bits per heavy atom. The van der Waals surface area contributed by atoms with Crippen LogP contribution in [-0.2, 0) is 16.1 Å².